The van der Waals surface area contributed by atoms with E-state index in [-0.39, 0.29) is 16.4 Å². The van der Waals surface area contributed by atoms with Gasteiger partial charge < -0.3 is 14.6 Å². The molecule has 0 spiro atoms. The number of anilines is 1. The van der Waals surface area contributed by atoms with Crippen LogP contribution < -0.4 is 14.4 Å². The summed E-state index contributed by atoms with van der Waals surface area (Å²) in [6.07, 6.45) is 0. The number of fused-ring (bicyclic) bond motifs is 1. The van der Waals surface area contributed by atoms with Gasteiger partial charge in [0, 0.05) is 11.3 Å². The Hall–Kier alpha value is -3.48. The zero-order chi connectivity index (χ0) is 24.0. The fourth-order valence-electron chi connectivity index (χ4n) is 4.15. The van der Waals surface area contributed by atoms with E-state index >= 15 is 0 Å². The number of amides is 1. The van der Waals surface area contributed by atoms with Crippen LogP contribution >= 0.6 is 23.2 Å². The lowest BCUT2D eigenvalue weighted by Gasteiger charge is -2.26. The van der Waals surface area contributed by atoms with E-state index in [1.165, 1.54) is 4.90 Å². The monoisotopic (exact) mass is 495 g/mol. The van der Waals surface area contributed by atoms with E-state index in [9.17, 15) is 14.7 Å². The second kappa shape index (κ2) is 8.70. The number of hydrogen-bond donors (Lipinski definition) is 1. The number of aliphatic hydroxyl groups excluding tert-OH is 1. The van der Waals surface area contributed by atoms with Crippen LogP contribution in [0.25, 0.3) is 5.76 Å². The van der Waals surface area contributed by atoms with Gasteiger partial charge in [0.15, 0.2) is 11.5 Å². The second-order valence-electron chi connectivity index (χ2n) is 8.04. The first-order valence-electron chi connectivity index (χ1n) is 10.6. The number of carbonyl (C=O) groups is 2. The third-order valence-corrected chi connectivity index (χ3v) is 6.57. The molecule has 0 bridgehead atoms. The van der Waals surface area contributed by atoms with Gasteiger partial charge in [-0.3, -0.25) is 14.5 Å². The molecule has 1 atom stereocenters. The quantitative estimate of drug-likeness (QED) is 0.286. The van der Waals surface area contributed by atoms with Crippen molar-refractivity contribution in [1.82, 2.24) is 0 Å². The summed E-state index contributed by atoms with van der Waals surface area (Å²) < 4.78 is 11.2. The molecule has 34 heavy (non-hydrogen) atoms. The van der Waals surface area contributed by atoms with E-state index in [0.29, 0.717) is 46.5 Å². The van der Waals surface area contributed by atoms with Gasteiger partial charge in [0.1, 0.15) is 19.0 Å². The van der Waals surface area contributed by atoms with Crippen molar-refractivity contribution < 1.29 is 24.2 Å². The molecule has 3 aromatic rings. The highest BCUT2D eigenvalue weighted by atomic mass is 35.5. The first-order valence-corrected chi connectivity index (χ1v) is 11.3. The van der Waals surface area contributed by atoms with Crippen molar-refractivity contribution in [1.29, 1.82) is 0 Å². The summed E-state index contributed by atoms with van der Waals surface area (Å²) in [7, 11) is 0. The third kappa shape index (κ3) is 3.79. The Morgan fingerprint density at radius 3 is 2.32 bits per heavy atom. The lowest BCUT2D eigenvalue weighted by atomic mass is 9.95. The van der Waals surface area contributed by atoms with Crippen LogP contribution in [0.2, 0.25) is 10.0 Å². The van der Waals surface area contributed by atoms with E-state index in [1.807, 2.05) is 19.1 Å². The minimum atomic E-state index is -0.911. The van der Waals surface area contributed by atoms with Crippen LogP contribution in [0.5, 0.6) is 11.5 Å². The maximum atomic E-state index is 13.3. The molecule has 2 aliphatic rings. The zero-order valence-corrected chi connectivity index (χ0v) is 19.6. The van der Waals surface area contributed by atoms with Crippen molar-refractivity contribution in [2.45, 2.75) is 13.0 Å². The number of rotatable bonds is 3. The first kappa shape index (κ1) is 22.3. The molecule has 1 saturated heterocycles. The van der Waals surface area contributed by atoms with Gasteiger partial charge >= 0.3 is 0 Å². The Morgan fingerprint density at radius 1 is 0.912 bits per heavy atom. The van der Waals surface area contributed by atoms with Gasteiger partial charge in [-0.25, -0.2) is 0 Å². The molecule has 3 aromatic carbocycles. The van der Waals surface area contributed by atoms with Crippen molar-refractivity contribution in [2.24, 2.45) is 0 Å². The number of nitrogens with zero attached hydrogens (tertiary/aromatic N) is 1. The van der Waals surface area contributed by atoms with E-state index in [0.717, 1.165) is 5.56 Å². The number of Topliss-reactive ketones (excluding diaryl/α,β-unsaturated/α-hetero) is 1. The molecule has 0 saturated carbocycles. The van der Waals surface area contributed by atoms with Crippen LogP contribution in [0, 0.1) is 6.92 Å². The van der Waals surface area contributed by atoms with E-state index < -0.39 is 17.7 Å². The number of halogens is 2. The normalized spacial score (nSPS) is 18.9. The molecule has 2 aliphatic heterocycles. The smallest absolute Gasteiger partial charge is 0.300 e. The number of aryl methyl sites for hydroxylation is 1. The molecule has 0 radical (unpaired) electrons. The van der Waals surface area contributed by atoms with Crippen LogP contribution in [0.3, 0.4) is 0 Å². The van der Waals surface area contributed by atoms with Crippen LogP contribution in [0.4, 0.5) is 5.69 Å². The van der Waals surface area contributed by atoms with E-state index in [4.69, 9.17) is 32.7 Å². The topological polar surface area (TPSA) is 76.1 Å². The van der Waals surface area contributed by atoms with Gasteiger partial charge in [-0.2, -0.15) is 0 Å². The predicted molar refractivity (Wildman–Crippen MR) is 130 cm³/mol. The Bertz CT molecular complexity index is 1350. The largest absolute Gasteiger partial charge is 0.507 e. The first-order chi connectivity index (χ1) is 16.3. The molecule has 0 aromatic heterocycles. The third-order valence-electron chi connectivity index (χ3n) is 5.83. The minimum absolute atomic E-state index is 0.0550. The number of ether oxygens (including phenoxy) is 2. The van der Waals surface area contributed by atoms with Crippen molar-refractivity contribution in [3.05, 3.63) is 93.0 Å². The fraction of sp³-hybridized carbons (Fsp3) is 0.154. The summed E-state index contributed by atoms with van der Waals surface area (Å²) >= 11 is 12.4. The van der Waals surface area contributed by atoms with Gasteiger partial charge in [0.25, 0.3) is 11.7 Å². The zero-order valence-electron chi connectivity index (χ0n) is 18.0. The Labute approximate surface area is 205 Å². The Kier molecular flexibility index (Phi) is 5.71. The Balaban J connectivity index is 1.70. The van der Waals surface area contributed by atoms with Crippen molar-refractivity contribution in [2.75, 3.05) is 18.1 Å². The SMILES string of the molecule is Cc1ccc(N2C(=O)C(=O)/C(=C(\O)c3ccc4c(c3)OCCO4)C2c2ccc(Cl)c(Cl)c2)cc1. The number of carbonyl (C=O) groups excluding carboxylic acids is 2. The standard InChI is InChI=1S/C26H19Cl2NO5/c1-14-2-6-17(7-3-14)29-23(15-4-8-18(27)19(28)12-15)22(25(31)26(29)32)24(30)16-5-9-20-21(13-16)34-11-10-33-20/h2-9,12-13,23,30H,10-11H2,1H3/b24-22-. The maximum Gasteiger partial charge on any atom is 0.300 e. The molecule has 6 nitrogen and oxygen atoms in total. The molecule has 1 N–H and O–H groups in total. The number of benzene rings is 3. The molecule has 1 amide bonds. The highest BCUT2D eigenvalue weighted by Gasteiger charge is 2.47. The predicted octanol–water partition coefficient (Wildman–Crippen LogP) is 5.70. The van der Waals surface area contributed by atoms with Gasteiger partial charge in [-0.15, -0.1) is 0 Å². The van der Waals surface area contributed by atoms with Crippen molar-refractivity contribution in [3.8, 4) is 11.5 Å². The minimum Gasteiger partial charge on any atom is -0.507 e. The van der Waals surface area contributed by atoms with E-state index in [2.05, 4.69) is 0 Å². The Morgan fingerprint density at radius 2 is 1.62 bits per heavy atom. The summed E-state index contributed by atoms with van der Waals surface area (Å²) in [5.41, 5.74) is 2.33. The van der Waals surface area contributed by atoms with Gasteiger partial charge in [-0.1, -0.05) is 47.0 Å². The van der Waals surface area contributed by atoms with E-state index in [1.54, 1.807) is 48.5 Å². The van der Waals surface area contributed by atoms with Crippen LogP contribution in [0.15, 0.2) is 66.2 Å². The lowest BCUT2D eigenvalue weighted by molar-refractivity contribution is -0.132. The molecule has 1 fully saturated rings. The van der Waals surface area contributed by atoms with Crippen LogP contribution in [0.1, 0.15) is 22.7 Å². The molecule has 8 heteroatoms. The second-order valence-corrected chi connectivity index (χ2v) is 8.85. The summed E-state index contributed by atoms with van der Waals surface area (Å²) in [5, 5.41) is 11.9. The summed E-state index contributed by atoms with van der Waals surface area (Å²) in [6, 6.07) is 16.1. The maximum absolute atomic E-state index is 13.3. The summed E-state index contributed by atoms with van der Waals surface area (Å²) in [6.45, 7) is 2.73. The number of aliphatic hydroxyl groups is 1. The highest BCUT2D eigenvalue weighted by Crippen LogP contribution is 2.44. The molecule has 5 rings (SSSR count). The average Bonchev–Trinajstić information content (AvgIpc) is 3.11. The van der Waals surface area contributed by atoms with Gasteiger partial charge in [-0.05, 0) is 55.0 Å². The molecule has 172 valence electrons. The number of ketones is 1. The molecule has 1 unspecified atom stereocenters. The fourth-order valence-corrected chi connectivity index (χ4v) is 4.45. The molecule has 0 aliphatic carbocycles. The van der Waals surface area contributed by atoms with Crippen molar-refractivity contribution >= 4 is 46.3 Å². The highest BCUT2D eigenvalue weighted by molar-refractivity contribution is 6.51. The number of hydrogen-bond acceptors (Lipinski definition) is 5. The summed E-state index contributed by atoms with van der Waals surface area (Å²) in [5.74, 6) is -0.873. The van der Waals surface area contributed by atoms with Gasteiger partial charge in [0.2, 0.25) is 0 Å². The van der Waals surface area contributed by atoms with Gasteiger partial charge in [0.05, 0.1) is 21.7 Å². The van der Waals surface area contributed by atoms with Crippen LogP contribution in [-0.2, 0) is 9.59 Å². The molecule has 2 heterocycles. The van der Waals surface area contributed by atoms with Crippen LogP contribution in [-0.4, -0.2) is 30.0 Å². The lowest BCUT2D eigenvalue weighted by Crippen LogP contribution is -2.29. The summed E-state index contributed by atoms with van der Waals surface area (Å²) in [4.78, 5) is 27.9. The van der Waals surface area contributed by atoms with Crippen molar-refractivity contribution in [3.63, 3.8) is 0 Å². The molecular weight excluding hydrogens is 477 g/mol. The average molecular weight is 496 g/mol. The molecular formula is C26H19Cl2NO5.